The number of hydrogen-bond acceptors (Lipinski definition) is 5. The quantitative estimate of drug-likeness (QED) is 0.842. The third-order valence-electron chi connectivity index (χ3n) is 2.65. The highest BCUT2D eigenvalue weighted by Crippen LogP contribution is 2.12. The average Bonchev–Trinajstić information content (AvgIpc) is 2.90. The first-order valence-corrected chi connectivity index (χ1v) is 5.52. The maximum atomic E-state index is 10.6. The van der Waals surface area contributed by atoms with Crippen molar-refractivity contribution in [2.75, 3.05) is 0 Å². The Kier molecular flexibility index (Phi) is 3.47. The summed E-state index contributed by atoms with van der Waals surface area (Å²) < 4.78 is 10.2. The van der Waals surface area contributed by atoms with E-state index in [1.165, 1.54) is 6.07 Å². The van der Waals surface area contributed by atoms with Gasteiger partial charge < -0.3 is 19.4 Å². The fourth-order valence-electron chi connectivity index (χ4n) is 1.65. The van der Waals surface area contributed by atoms with Gasteiger partial charge in [0.05, 0.1) is 12.2 Å². The zero-order valence-corrected chi connectivity index (χ0v) is 10.2. The van der Waals surface area contributed by atoms with Crippen LogP contribution in [0.25, 0.3) is 0 Å². The van der Waals surface area contributed by atoms with E-state index in [9.17, 15) is 4.79 Å². The van der Waals surface area contributed by atoms with Gasteiger partial charge >= 0.3 is 5.97 Å². The van der Waals surface area contributed by atoms with E-state index >= 15 is 0 Å². The summed E-state index contributed by atoms with van der Waals surface area (Å²) >= 11 is 0. The molecule has 0 unspecified atom stereocenters. The van der Waals surface area contributed by atoms with Crippen LogP contribution in [-0.2, 0) is 13.1 Å². The number of carbonyl (C=O) groups is 1. The maximum absolute atomic E-state index is 10.6. The number of nitrogens with zero attached hydrogens (tertiary/aromatic N) is 1. The zero-order valence-electron chi connectivity index (χ0n) is 10.2. The molecule has 96 valence electrons. The molecule has 0 aliphatic rings. The topological polar surface area (TPSA) is 88.5 Å². The highest BCUT2D eigenvalue weighted by atomic mass is 16.5. The lowest BCUT2D eigenvalue weighted by atomic mass is 10.2. The van der Waals surface area contributed by atoms with Gasteiger partial charge in [-0.05, 0) is 26.0 Å². The molecule has 2 heterocycles. The second-order valence-corrected chi connectivity index (χ2v) is 3.98. The molecule has 0 bridgehead atoms. The minimum atomic E-state index is -1.06. The first-order chi connectivity index (χ1) is 8.58. The lowest BCUT2D eigenvalue weighted by Gasteiger charge is -2.01. The van der Waals surface area contributed by atoms with Gasteiger partial charge in [-0.1, -0.05) is 5.16 Å². The molecule has 0 spiro atoms. The fraction of sp³-hybridized carbons (Fsp3) is 0.333. The fourth-order valence-corrected chi connectivity index (χ4v) is 1.65. The Morgan fingerprint density at radius 1 is 1.39 bits per heavy atom. The standard InChI is InChI=1S/C12H14N2O4/c1-7-10(8(2)18-14-7)6-13-5-9-3-4-11(17-9)12(15)16/h3-4,13H,5-6H2,1-2H3,(H,15,16). The molecular formula is C12H14N2O4. The smallest absolute Gasteiger partial charge is 0.371 e. The normalized spacial score (nSPS) is 10.8. The van der Waals surface area contributed by atoms with E-state index in [1.807, 2.05) is 13.8 Å². The van der Waals surface area contributed by atoms with Crippen LogP contribution in [0.15, 0.2) is 21.1 Å². The lowest BCUT2D eigenvalue weighted by Crippen LogP contribution is -2.13. The Bertz CT molecular complexity index is 537. The van der Waals surface area contributed by atoms with Crippen LogP contribution in [0.5, 0.6) is 0 Å². The van der Waals surface area contributed by atoms with E-state index in [-0.39, 0.29) is 5.76 Å². The van der Waals surface area contributed by atoms with Crippen molar-refractivity contribution in [3.8, 4) is 0 Å². The molecule has 0 radical (unpaired) electrons. The number of aryl methyl sites for hydroxylation is 2. The van der Waals surface area contributed by atoms with Crippen LogP contribution in [0.1, 0.15) is 33.3 Å². The number of aromatic carboxylic acids is 1. The van der Waals surface area contributed by atoms with E-state index in [0.717, 1.165) is 17.0 Å². The molecule has 18 heavy (non-hydrogen) atoms. The first-order valence-electron chi connectivity index (χ1n) is 5.52. The summed E-state index contributed by atoms with van der Waals surface area (Å²) in [5.41, 5.74) is 1.87. The van der Waals surface area contributed by atoms with Gasteiger partial charge in [-0.2, -0.15) is 0 Å². The Labute approximate surface area is 104 Å². The SMILES string of the molecule is Cc1noc(C)c1CNCc1ccc(C(=O)O)o1. The molecule has 0 aliphatic heterocycles. The molecule has 0 fully saturated rings. The third kappa shape index (κ3) is 2.60. The first kappa shape index (κ1) is 12.4. The van der Waals surface area contributed by atoms with Gasteiger partial charge in [0, 0.05) is 12.1 Å². The van der Waals surface area contributed by atoms with E-state index in [1.54, 1.807) is 6.07 Å². The Morgan fingerprint density at radius 3 is 2.72 bits per heavy atom. The van der Waals surface area contributed by atoms with Gasteiger partial charge in [-0.15, -0.1) is 0 Å². The Hall–Kier alpha value is -2.08. The van der Waals surface area contributed by atoms with Crippen LogP contribution in [0, 0.1) is 13.8 Å². The third-order valence-corrected chi connectivity index (χ3v) is 2.65. The summed E-state index contributed by atoms with van der Waals surface area (Å²) in [6, 6.07) is 3.08. The largest absolute Gasteiger partial charge is 0.475 e. The van der Waals surface area contributed by atoms with Crippen molar-refractivity contribution in [3.05, 3.63) is 40.7 Å². The molecule has 0 aromatic carbocycles. The molecular weight excluding hydrogens is 236 g/mol. The number of carboxylic acid groups (broad SMARTS) is 1. The molecule has 2 rings (SSSR count). The second-order valence-electron chi connectivity index (χ2n) is 3.98. The minimum absolute atomic E-state index is 0.0517. The Morgan fingerprint density at radius 2 is 2.17 bits per heavy atom. The molecule has 0 saturated heterocycles. The Balaban J connectivity index is 1.90. The highest BCUT2D eigenvalue weighted by Gasteiger charge is 2.10. The molecule has 2 aromatic heterocycles. The van der Waals surface area contributed by atoms with Gasteiger partial charge in [0.25, 0.3) is 0 Å². The second kappa shape index (κ2) is 5.05. The number of hydrogen-bond donors (Lipinski definition) is 2. The van der Waals surface area contributed by atoms with Crippen LogP contribution >= 0.6 is 0 Å². The van der Waals surface area contributed by atoms with Crippen LogP contribution in [-0.4, -0.2) is 16.2 Å². The van der Waals surface area contributed by atoms with E-state index in [2.05, 4.69) is 10.5 Å². The van der Waals surface area contributed by atoms with Crippen molar-refractivity contribution < 1.29 is 18.8 Å². The minimum Gasteiger partial charge on any atom is -0.475 e. The van der Waals surface area contributed by atoms with Crippen molar-refractivity contribution >= 4 is 5.97 Å². The number of furan rings is 1. The molecule has 2 N–H and O–H groups in total. The van der Waals surface area contributed by atoms with Gasteiger partial charge in [-0.3, -0.25) is 0 Å². The van der Waals surface area contributed by atoms with Crippen LogP contribution in [0.2, 0.25) is 0 Å². The summed E-state index contributed by atoms with van der Waals surface area (Å²) in [4.78, 5) is 10.6. The average molecular weight is 250 g/mol. The number of nitrogens with one attached hydrogen (secondary N) is 1. The van der Waals surface area contributed by atoms with E-state index < -0.39 is 5.97 Å². The monoisotopic (exact) mass is 250 g/mol. The number of carboxylic acids is 1. The predicted molar refractivity (Wildman–Crippen MR) is 62.2 cm³/mol. The van der Waals surface area contributed by atoms with Crippen molar-refractivity contribution in [2.24, 2.45) is 0 Å². The maximum Gasteiger partial charge on any atom is 0.371 e. The van der Waals surface area contributed by atoms with Crippen molar-refractivity contribution in [2.45, 2.75) is 26.9 Å². The van der Waals surface area contributed by atoms with Crippen molar-refractivity contribution in [1.29, 1.82) is 0 Å². The van der Waals surface area contributed by atoms with Crippen molar-refractivity contribution in [1.82, 2.24) is 10.5 Å². The van der Waals surface area contributed by atoms with Crippen LogP contribution in [0.4, 0.5) is 0 Å². The summed E-state index contributed by atoms with van der Waals surface area (Å²) in [7, 11) is 0. The predicted octanol–water partition coefficient (Wildman–Crippen LogP) is 1.87. The molecule has 0 atom stereocenters. The van der Waals surface area contributed by atoms with Crippen molar-refractivity contribution in [3.63, 3.8) is 0 Å². The summed E-state index contributed by atoms with van der Waals surface area (Å²) in [5.74, 6) is 0.251. The van der Waals surface area contributed by atoms with E-state index in [4.69, 9.17) is 14.0 Å². The number of aromatic nitrogens is 1. The zero-order chi connectivity index (χ0) is 13.1. The molecule has 6 nitrogen and oxygen atoms in total. The van der Waals surface area contributed by atoms with Gasteiger partial charge in [0.1, 0.15) is 11.5 Å². The summed E-state index contributed by atoms with van der Waals surface area (Å²) in [6.07, 6.45) is 0. The number of rotatable bonds is 5. The summed E-state index contributed by atoms with van der Waals surface area (Å²) in [6.45, 7) is 4.79. The molecule has 0 aliphatic carbocycles. The molecule has 0 saturated carbocycles. The highest BCUT2D eigenvalue weighted by molar-refractivity contribution is 5.84. The van der Waals surface area contributed by atoms with E-state index in [0.29, 0.717) is 18.8 Å². The molecule has 6 heteroatoms. The van der Waals surface area contributed by atoms with Gasteiger partial charge in [-0.25, -0.2) is 4.79 Å². The summed E-state index contributed by atoms with van der Waals surface area (Å²) in [5, 5.41) is 15.7. The molecule has 2 aromatic rings. The lowest BCUT2D eigenvalue weighted by molar-refractivity contribution is 0.0660. The van der Waals surface area contributed by atoms with Crippen LogP contribution in [0.3, 0.4) is 0 Å². The molecule has 0 amide bonds. The van der Waals surface area contributed by atoms with Gasteiger partial charge in [0.15, 0.2) is 0 Å². The van der Waals surface area contributed by atoms with Gasteiger partial charge in [0.2, 0.25) is 5.76 Å². The van der Waals surface area contributed by atoms with Crippen LogP contribution < -0.4 is 5.32 Å².